The molecule has 1 unspecified atom stereocenters. The summed E-state index contributed by atoms with van der Waals surface area (Å²) in [5, 5.41) is 6.64. The van der Waals surface area contributed by atoms with Crippen LogP contribution in [0, 0.1) is 12.3 Å². The Labute approximate surface area is 104 Å². The Bertz CT molecular complexity index is 368. The van der Waals surface area contributed by atoms with Crippen molar-refractivity contribution in [2.24, 2.45) is 5.41 Å². The highest BCUT2D eigenvalue weighted by Gasteiger charge is 2.20. The minimum Gasteiger partial charge on any atom is -0.370 e. The average Bonchev–Trinajstić information content (AvgIpc) is 2.15. The van der Waals surface area contributed by atoms with Gasteiger partial charge in [-0.15, -0.1) is 0 Å². The van der Waals surface area contributed by atoms with Crippen LogP contribution in [0.1, 0.15) is 40.4 Å². The van der Waals surface area contributed by atoms with E-state index in [0.29, 0.717) is 6.04 Å². The predicted molar refractivity (Wildman–Crippen MR) is 73.5 cm³/mol. The van der Waals surface area contributed by atoms with Crippen molar-refractivity contribution in [1.29, 1.82) is 0 Å². The molecule has 1 atom stereocenters. The molecular weight excluding hydrogens is 212 g/mol. The van der Waals surface area contributed by atoms with Crippen LogP contribution in [0.15, 0.2) is 6.07 Å². The Morgan fingerprint density at radius 3 is 2.35 bits per heavy atom. The average molecular weight is 236 g/mol. The van der Waals surface area contributed by atoms with Gasteiger partial charge in [-0.1, -0.05) is 20.8 Å². The number of nitrogens with zero attached hydrogens (tertiary/aromatic N) is 2. The van der Waals surface area contributed by atoms with E-state index in [-0.39, 0.29) is 5.41 Å². The molecule has 0 aromatic carbocycles. The standard InChI is InChI=1S/C13H24N4/c1-7-14-11-8-12(17-10(3)16-11)15-9(2)13(4,5)6/h8-9H,7H2,1-6H3,(H2,14,15,16,17). The van der Waals surface area contributed by atoms with Crippen molar-refractivity contribution in [2.75, 3.05) is 17.2 Å². The molecule has 1 rings (SSSR count). The minimum atomic E-state index is 0.206. The van der Waals surface area contributed by atoms with Crippen LogP contribution in [0.3, 0.4) is 0 Å². The zero-order valence-corrected chi connectivity index (χ0v) is 11.8. The fraction of sp³-hybridized carbons (Fsp3) is 0.692. The zero-order chi connectivity index (χ0) is 13.1. The van der Waals surface area contributed by atoms with E-state index in [1.54, 1.807) is 0 Å². The quantitative estimate of drug-likeness (QED) is 0.843. The summed E-state index contributed by atoms with van der Waals surface area (Å²) in [5.74, 6) is 2.55. The third-order valence-corrected chi connectivity index (χ3v) is 2.86. The van der Waals surface area contributed by atoms with Gasteiger partial charge in [0.15, 0.2) is 0 Å². The predicted octanol–water partition coefficient (Wildman–Crippen LogP) is 3.06. The van der Waals surface area contributed by atoms with E-state index in [9.17, 15) is 0 Å². The summed E-state index contributed by atoms with van der Waals surface area (Å²) in [6.07, 6.45) is 0. The van der Waals surface area contributed by atoms with E-state index < -0.39 is 0 Å². The van der Waals surface area contributed by atoms with Crippen LogP contribution in [0.4, 0.5) is 11.6 Å². The number of hydrogen-bond donors (Lipinski definition) is 2. The molecule has 0 spiro atoms. The Balaban J connectivity index is 2.84. The van der Waals surface area contributed by atoms with Crippen LogP contribution in [0.5, 0.6) is 0 Å². The molecule has 4 nitrogen and oxygen atoms in total. The third kappa shape index (κ3) is 4.21. The second-order valence-corrected chi connectivity index (χ2v) is 5.45. The van der Waals surface area contributed by atoms with Crippen molar-refractivity contribution in [3.05, 3.63) is 11.9 Å². The first kappa shape index (κ1) is 13.7. The molecule has 1 aromatic rings. The zero-order valence-electron chi connectivity index (χ0n) is 11.8. The molecule has 96 valence electrons. The van der Waals surface area contributed by atoms with Gasteiger partial charge in [0.05, 0.1) is 0 Å². The number of anilines is 2. The van der Waals surface area contributed by atoms with Crippen molar-refractivity contribution >= 4 is 11.6 Å². The van der Waals surface area contributed by atoms with Gasteiger partial charge < -0.3 is 10.6 Å². The van der Waals surface area contributed by atoms with Gasteiger partial charge >= 0.3 is 0 Å². The summed E-state index contributed by atoms with van der Waals surface area (Å²) in [7, 11) is 0. The summed E-state index contributed by atoms with van der Waals surface area (Å²) in [6.45, 7) is 13.6. The van der Waals surface area contributed by atoms with Gasteiger partial charge in [0.25, 0.3) is 0 Å². The monoisotopic (exact) mass is 236 g/mol. The topological polar surface area (TPSA) is 49.8 Å². The summed E-state index contributed by atoms with van der Waals surface area (Å²) in [4.78, 5) is 8.74. The lowest BCUT2D eigenvalue weighted by atomic mass is 9.88. The van der Waals surface area contributed by atoms with E-state index >= 15 is 0 Å². The second-order valence-electron chi connectivity index (χ2n) is 5.45. The third-order valence-electron chi connectivity index (χ3n) is 2.86. The largest absolute Gasteiger partial charge is 0.370 e. The van der Waals surface area contributed by atoms with Crippen molar-refractivity contribution < 1.29 is 0 Å². The smallest absolute Gasteiger partial charge is 0.132 e. The molecule has 0 saturated heterocycles. The van der Waals surface area contributed by atoms with E-state index in [2.05, 4.69) is 55.2 Å². The first-order valence-corrected chi connectivity index (χ1v) is 6.19. The molecule has 0 radical (unpaired) electrons. The Morgan fingerprint density at radius 2 is 1.82 bits per heavy atom. The van der Waals surface area contributed by atoms with E-state index in [1.807, 2.05) is 13.0 Å². The Hall–Kier alpha value is -1.32. The summed E-state index contributed by atoms with van der Waals surface area (Å²) < 4.78 is 0. The maximum absolute atomic E-state index is 4.41. The van der Waals surface area contributed by atoms with Gasteiger partial charge in [-0.05, 0) is 26.2 Å². The summed E-state index contributed by atoms with van der Waals surface area (Å²) in [6, 6.07) is 2.31. The molecular formula is C13H24N4. The fourth-order valence-electron chi connectivity index (χ4n) is 1.35. The highest BCUT2D eigenvalue weighted by molar-refractivity contribution is 5.48. The van der Waals surface area contributed by atoms with Gasteiger partial charge in [0.1, 0.15) is 17.5 Å². The van der Waals surface area contributed by atoms with Gasteiger partial charge in [-0.2, -0.15) is 0 Å². The van der Waals surface area contributed by atoms with Crippen molar-refractivity contribution in [3.8, 4) is 0 Å². The molecule has 0 saturated carbocycles. The van der Waals surface area contributed by atoms with Crippen molar-refractivity contribution in [1.82, 2.24) is 9.97 Å². The highest BCUT2D eigenvalue weighted by Crippen LogP contribution is 2.22. The van der Waals surface area contributed by atoms with Crippen molar-refractivity contribution in [2.45, 2.75) is 47.6 Å². The lowest BCUT2D eigenvalue weighted by Crippen LogP contribution is -2.31. The lowest BCUT2D eigenvalue weighted by molar-refractivity contribution is 0.358. The van der Waals surface area contributed by atoms with Crippen LogP contribution >= 0.6 is 0 Å². The van der Waals surface area contributed by atoms with Gasteiger partial charge in [-0.3, -0.25) is 0 Å². The van der Waals surface area contributed by atoms with Crippen LogP contribution in [-0.2, 0) is 0 Å². The fourth-order valence-corrected chi connectivity index (χ4v) is 1.35. The highest BCUT2D eigenvalue weighted by atomic mass is 15.1. The number of aryl methyl sites for hydroxylation is 1. The maximum atomic E-state index is 4.41. The van der Waals surface area contributed by atoms with Crippen molar-refractivity contribution in [3.63, 3.8) is 0 Å². The Kier molecular flexibility index (Phi) is 4.32. The second kappa shape index (κ2) is 5.34. The molecule has 1 heterocycles. The van der Waals surface area contributed by atoms with Gasteiger partial charge in [0, 0.05) is 18.7 Å². The van der Waals surface area contributed by atoms with Crippen LogP contribution in [0.25, 0.3) is 0 Å². The van der Waals surface area contributed by atoms with Gasteiger partial charge in [-0.25, -0.2) is 9.97 Å². The number of rotatable bonds is 4. The molecule has 0 bridgehead atoms. The van der Waals surface area contributed by atoms with E-state index in [1.165, 1.54) is 0 Å². The normalized spacial score (nSPS) is 13.3. The molecule has 0 aliphatic carbocycles. The molecule has 0 aliphatic rings. The summed E-state index contributed by atoms with van der Waals surface area (Å²) >= 11 is 0. The number of aromatic nitrogens is 2. The SMILES string of the molecule is CCNc1cc(NC(C)C(C)(C)C)nc(C)n1. The van der Waals surface area contributed by atoms with Gasteiger partial charge in [0.2, 0.25) is 0 Å². The maximum Gasteiger partial charge on any atom is 0.132 e. The summed E-state index contributed by atoms with van der Waals surface area (Å²) in [5.41, 5.74) is 0.206. The molecule has 17 heavy (non-hydrogen) atoms. The molecule has 2 N–H and O–H groups in total. The minimum absolute atomic E-state index is 0.206. The first-order chi connectivity index (χ1) is 7.82. The molecule has 0 amide bonds. The molecule has 0 fully saturated rings. The van der Waals surface area contributed by atoms with Crippen LogP contribution < -0.4 is 10.6 Å². The number of nitrogens with one attached hydrogen (secondary N) is 2. The molecule has 1 aromatic heterocycles. The number of hydrogen-bond acceptors (Lipinski definition) is 4. The van der Waals surface area contributed by atoms with Crippen LogP contribution in [-0.4, -0.2) is 22.6 Å². The molecule has 0 aliphatic heterocycles. The first-order valence-electron chi connectivity index (χ1n) is 6.19. The van der Waals surface area contributed by atoms with E-state index in [0.717, 1.165) is 24.0 Å². The lowest BCUT2D eigenvalue weighted by Gasteiger charge is -2.28. The Morgan fingerprint density at radius 1 is 1.24 bits per heavy atom. The van der Waals surface area contributed by atoms with E-state index in [4.69, 9.17) is 0 Å². The van der Waals surface area contributed by atoms with Crippen LogP contribution in [0.2, 0.25) is 0 Å². The molecule has 4 heteroatoms.